The number of aliphatic hydroxyl groups is 1. The van der Waals surface area contributed by atoms with Gasteiger partial charge >= 0.3 is 0 Å². The van der Waals surface area contributed by atoms with E-state index in [9.17, 15) is 9.90 Å². The number of hydrogen-bond donors (Lipinski definition) is 2. The first-order valence-electron chi connectivity index (χ1n) is 6.50. The van der Waals surface area contributed by atoms with Gasteiger partial charge in [0.1, 0.15) is 0 Å². The van der Waals surface area contributed by atoms with Gasteiger partial charge in [0.15, 0.2) is 0 Å². The molecule has 102 valence electrons. The molecule has 0 spiro atoms. The normalized spacial score (nSPS) is 12.8. The van der Waals surface area contributed by atoms with Gasteiger partial charge < -0.3 is 10.4 Å². The van der Waals surface area contributed by atoms with Crippen molar-refractivity contribution in [2.45, 2.75) is 46.6 Å². The molecule has 1 rings (SSSR count). The average molecular weight is 269 g/mol. The van der Waals surface area contributed by atoms with Crippen molar-refractivity contribution in [3.05, 3.63) is 21.4 Å². The molecule has 2 N–H and O–H groups in total. The molecule has 0 aromatic carbocycles. The second kappa shape index (κ2) is 6.90. The van der Waals surface area contributed by atoms with Crippen molar-refractivity contribution in [2.75, 3.05) is 6.61 Å². The third-order valence-corrected chi connectivity index (χ3v) is 4.17. The highest BCUT2D eigenvalue weighted by molar-refractivity contribution is 7.14. The summed E-state index contributed by atoms with van der Waals surface area (Å²) in [4.78, 5) is 14.0. The summed E-state index contributed by atoms with van der Waals surface area (Å²) in [5.41, 5.74) is 1.26. The molecule has 0 saturated heterocycles. The predicted octanol–water partition coefficient (Wildman–Crippen LogP) is 2.76. The molecule has 1 amide bonds. The first-order valence-corrected chi connectivity index (χ1v) is 7.32. The fraction of sp³-hybridized carbons (Fsp3) is 0.643. The van der Waals surface area contributed by atoms with Crippen LogP contribution in [0.2, 0.25) is 0 Å². The highest BCUT2D eigenvalue weighted by Crippen LogP contribution is 2.23. The number of carbonyl (C=O) groups is 1. The number of thiophene rings is 1. The average Bonchev–Trinajstić information content (AvgIpc) is 2.68. The van der Waals surface area contributed by atoms with E-state index in [0.717, 1.165) is 17.7 Å². The van der Waals surface area contributed by atoms with Crippen LogP contribution >= 0.6 is 11.3 Å². The van der Waals surface area contributed by atoms with Crippen molar-refractivity contribution in [1.29, 1.82) is 0 Å². The van der Waals surface area contributed by atoms with Crippen molar-refractivity contribution >= 4 is 17.2 Å². The molecule has 1 aromatic rings. The lowest BCUT2D eigenvalue weighted by Gasteiger charge is -2.19. The Balaban J connectivity index is 2.75. The molecule has 0 bridgehead atoms. The summed E-state index contributed by atoms with van der Waals surface area (Å²) in [6, 6.07) is 1.81. The Bertz CT molecular complexity index is 398. The summed E-state index contributed by atoms with van der Waals surface area (Å²) in [5, 5.41) is 12.1. The monoisotopic (exact) mass is 269 g/mol. The number of carbonyl (C=O) groups excluding carboxylic acids is 1. The summed E-state index contributed by atoms with van der Waals surface area (Å²) in [7, 11) is 0. The van der Waals surface area contributed by atoms with Gasteiger partial charge in [-0.2, -0.15) is 0 Å². The van der Waals surface area contributed by atoms with Crippen molar-refractivity contribution in [3.8, 4) is 0 Å². The highest BCUT2D eigenvalue weighted by Gasteiger charge is 2.18. The van der Waals surface area contributed by atoms with E-state index in [2.05, 4.69) is 19.2 Å². The van der Waals surface area contributed by atoms with E-state index in [-0.39, 0.29) is 24.5 Å². The van der Waals surface area contributed by atoms with Gasteiger partial charge in [-0.1, -0.05) is 27.2 Å². The van der Waals surface area contributed by atoms with Gasteiger partial charge in [0, 0.05) is 4.88 Å². The first kappa shape index (κ1) is 15.2. The largest absolute Gasteiger partial charge is 0.394 e. The number of aryl methyl sites for hydroxylation is 2. The van der Waals surface area contributed by atoms with Crippen LogP contribution in [0.1, 0.15) is 47.3 Å². The minimum Gasteiger partial charge on any atom is -0.394 e. The van der Waals surface area contributed by atoms with Gasteiger partial charge in [0.2, 0.25) is 0 Å². The molecule has 1 atom stereocenters. The number of amides is 1. The van der Waals surface area contributed by atoms with Crippen molar-refractivity contribution in [1.82, 2.24) is 5.32 Å². The minimum absolute atomic E-state index is 0.0183. The van der Waals surface area contributed by atoms with Crippen LogP contribution < -0.4 is 5.32 Å². The molecule has 0 radical (unpaired) electrons. The quantitative estimate of drug-likeness (QED) is 0.834. The van der Waals surface area contributed by atoms with Crippen LogP contribution in [0.5, 0.6) is 0 Å². The smallest absolute Gasteiger partial charge is 0.261 e. The molecule has 1 heterocycles. The SMILES string of the molecule is CCCc1cc(C(=O)N[C@H](CO)C(C)C)sc1C. The van der Waals surface area contributed by atoms with Crippen molar-refractivity contribution < 1.29 is 9.90 Å². The third-order valence-electron chi connectivity index (χ3n) is 3.08. The lowest BCUT2D eigenvalue weighted by atomic mass is 10.1. The Morgan fingerprint density at radius 1 is 1.50 bits per heavy atom. The summed E-state index contributed by atoms with van der Waals surface area (Å²) in [6.45, 7) is 8.15. The fourth-order valence-electron chi connectivity index (χ4n) is 1.81. The molecule has 0 aliphatic heterocycles. The van der Waals surface area contributed by atoms with E-state index in [4.69, 9.17) is 0 Å². The first-order chi connectivity index (χ1) is 8.49. The lowest BCUT2D eigenvalue weighted by Crippen LogP contribution is -2.40. The standard InChI is InChI=1S/C14H23NO2S/c1-5-6-11-7-13(18-10(11)4)14(17)15-12(8-16)9(2)3/h7,9,12,16H,5-6,8H2,1-4H3,(H,15,17)/t12-/m1/s1. The van der Waals surface area contributed by atoms with Gasteiger partial charge in [-0.25, -0.2) is 0 Å². The molecule has 0 unspecified atom stereocenters. The maximum absolute atomic E-state index is 12.1. The van der Waals surface area contributed by atoms with Crippen LogP contribution in [0.15, 0.2) is 6.07 Å². The molecule has 0 fully saturated rings. The van der Waals surface area contributed by atoms with Crippen molar-refractivity contribution in [3.63, 3.8) is 0 Å². The number of hydrogen-bond acceptors (Lipinski definition) is 3. The van der Waals surface area contributed by atoms with E-state index in [1.165, 1.54) is 21.8 Å². The van der Waals surface area contributed by atoms with E-state index in [1.807, 2.05) is 19.9 Å². The Labute approximate surface area is 113 Å². The second-order valence-electron chi connectivity index (χ2n) is 4.95. The number of aliphatic hydroxyl groups excluding tert-OH is 1. The summed E-state index contributed by atoms with van der Waals surface area (Å²) in [6.07, 6.45) is 2.10. The zero-order valence-corrected chi connectivity index (χ0v) is 12.4. The van der Waals surface area contributed by atoms with Crippen LogP contribution in [0, 0.1) is 12.8 Å². The molecular formula is C14H23NO2S. The highest BCUT2D eigenvalue weighted by atomic mass is 32.1. The zero-order valence-electron chi connectivity index (χ0n) is 11.6. The van der Waals surface area contributed by atoms with Gasteiger partial charge in [-0.05, 0) is 30.9 Å². The summed E-state index contributed by atoms with van der Waals surface area (Å²) in [5.74, 6) is 0.160. The van der Waals surface area contributed by atoms with Crippen LogP contribution in [0.3, 0.4) is 0 Å². The minimum atomic E-state index is -0.172. The second-order valence-corrected chi connectivity index (χ2v) is 6.20. The fourth-order valence-corrected chi connectivity index (χ4v) is 2.79. The van der Waals surface area contributed by atoms with Gasteiger partial charge in [-0.3, -0.25) is 4.79 Å². The van der Waals surface area contributed by atoms with Gasteiger partial charge in [-0.15, -0.1) is 11.3 Å². The lowest BCUT2D eigenvalue weighted by molar-refractivity contribution is 0.0901. The Kier molecular flexibility index (Phi) is 5.82. The maximum Gasteiger partial charge on any atom is 0.261 e. The van der Waals surface area contributed by atoms with Crippen LogP contribution in [-0.2, 0) is 6.42 Å². The van der Waals surface area contributed by atoms with E-state index in [0.29, 0.717) is 0 Å². The molecule has 1 aromatic heterocycles. The molecule has 0 saturated carbocycles. The van der Waals surface area contributed by atoms with E-state index < -0.39 is 0 Å². The predicted molar refractivity (Wildman–Crippen MR) is 76.2 cm³/mol. The van der Waals surface area contributed by atoms with E-state index in [1.54, 1.807) is 0 Å². The molecule has 4 heteroatoms. The van der Waals surface area contributed by atoms with Crippen LogP contribution in [0.4, 0.5) is 0 Å². The van der Waals surface area contributed by atoms with Crippen LogP contribution in [0.25, 0.3) is 0 Å². The van der Waals surface area contributed by atoms with Crippen LogP contribution in [-0.4, -0.2) is 23.7 Å². The summed E-state index contributed by atoms with van der Waals surface area (Å²) < 4.78 is 0. The molecular weight excluding hydrogens is 246 g/mol. The Hall–Kier alpha value is -0.870. The van der Waals surface area contributed by atoms with Gasteiger partial charge in [0.05, 0.1) is 17.5 Å². The zero-order chi connectivity index (χ0) is 13.7. The molecule has 18 heavy (non-hydrogen) atoms. The van der Waals surface area contributed by atoms with Gasteiger partial charge in [0.25, 0.3) is 5.91 Å². The topological polar surface area (TPSA) is 49.3 Å². The Morgan fingerprint density at radius 2 is 2.17 bits per heavy atom. The van der Waals surface area contributed by atoms with Crippen molar-refractivity contribution in [2.24, 2.45) is 5.92 Å². The number of rotatable bonds is 6. The summed E-state index contributed by atoms with van der Waals surface area (Å²) >= 11 is 1.53. The Morgan fingerprint density at radius 3 is 2.67 bits per heavy atom. The molecule has 0 aliphatic rings. The third kappa shape index (κ3) is 3.82. The van der Waals surface area contributed by atoms with E-state index >= 15 is 0 Å². The maximum atomic E-state index is 12.1. The molecule has 3 nitrogen and oxygen atoms in total. The number of nitrogens with one attached hydrogen (secondary N) is 1. The molecule has 0 aliphatic carbocycles.